The van der Waals surface area contributed by atoms with E-state index in [1.54, 1.807) is 12.1 Å². The Morgan fingerprint density at radius 1 is 1.03 bits per heavy atom. The van der Waals surface area contributed by atoms with Gasteiger partial charge in [-0.3, -0.25) is 4.79 Å². The summed E-state index contributed by atoms with van der Waals surface area (Å²) in [6, 6.07) is 11.0. The van der Waals surface area contributed by atoms with E-state index in [0.717, 1.165) is 22.2 Å². The van der Waals surface area contributed by atoms with Crippen molar-refractivity contribution in [3.8, 4) is 5.75 Å². The molecule has 3 rings (SSSR count). The van der Waals surface area contributed by atoms with Crippen LogP contribution in [0.25, 0.3) is 20.2 Å². The molecule has 2 aromatic carbocycles. The lowest BCUT2D eigenvalue weighted by molar-refractivity contribution is 0.181. The van der Waals surface area contributed by atoms with Crippen LogP contribution in [0.1, 0.15) is 32.1 Å². The fraction of sp³-hybridized carbons (Fsp3) is 0.409. The highest BCUT2D eigenvalue weighted by molar-refractivity contribution is 14.0. The number of fused-ring (bicyclic) bond motifs is 2. The molecule has 8 heteroatoms. The van der Waals surface area contributed by atoms with Gasteiger partial charge in [0.2, 0.25) is 0 Å². The normalized spacial score (nSPS) is 11.6. The van der Waals surface area contributed by atoms with Gasteiger partial charge < -0.3 is 20.7 Å². The minimum atomic E-state index is -0.547. The standard InChI is InChI=1S/C22H26ClNO4S.HI/c23-16-7-8-17(28-14-4-3-9-22(24,10-12-25)11-13-26)21-19(16)20(27)15-5-1-2-6-18(15)29-21;/h1-2,5-8,25-26H,3-4,9-14,24H2;1H. The Kier molecular flexibility index (Phi) is 9.77. The SMILES string of the molecule is I.NC(CCO)(CCO)CCCCOc1ccc(Cl)c2c(=O)c3ccccc3sc12. The molecule has 1 heterocycles. The van der Waals surface area contributed by atoms with E-state index >= 15 is 0 Å². The fourth-order valence-electron chi connectivity index (χ4n) is 3.54. The van der Waals surface area contributed by atoms with Crippen molar-refractivity contribution in [3.63, 3.8) is 0 Å². The van der Waals surface area contributed by atoms with Gasteiger partial charge in [0, 0.05) is 28.8 Å². The van der Waals surface area contributed by atoms with Crippen molar-refractivity contribution in [2.24, 2.45) is 5.73 Å². The third-order valence-corrected chi connectivity index (χ3v) is 6.69. The van der Waals surface area contributed by atoms with Crippen molar-refractivity contribution >= 4 is 67.1 Å². The van der Waals surface area contributed by atoms with Gasteiger partial charge in [0.1, 0.15) is 5.75 Å². The molecule has 0 aliphatic carbocycles. The van der Waals surface area contributed by atoms with E-state index in [9.17, 15) is 15.0 Å². The maximum atomic E-state index is 12.9. The number of ether oxygens (including phenoxy) is 1. The van der Waals surface area contributed by atoms with Gasteiger partial charge in [-0.2, -0.15) is 0 Å². The summed E-state index contributed by atoms with van der Waals surface area (Å²) in [5.74, 6) is 0.655. The van der Waals surface area contributed by atoms with Gasteiger partial charge in [0.05, 0.1) is 21.7 Å². The van der Waals surface area contributed by atoms with E-state index in [4.69, 9.17) is 22.1 Å². The van der Waals surface area contributed by atoms with E-state index in [2.05, 4.69) is 0 Å². The molecule has 164 valence electrons. The Hall–Kier alpha value is -0.970. The summed E-state index contributed by atoms with van der Waals surface area (Å²) < 4.78 is 7.65. The zero-order valence-corrected chi connectivity index (χ0v) is 20.5. The van der Waals surface area contributed by atoms with Crippen LogP contribution in [0.4, 0.5) is 0 Å². The van der Waals surface area contributed by atoms with Crippen LogP contribution in [0.15, 0.2) is 41.2 Å². The number of halogens is 2. The molecule has 5 nitrogen and oxygen atoms in total. The second-order valence-corrected chi connectivity index (χ2v) is 8.75. The molecule has 0 fully saturated rings. The van der Waals surface area contributed by atoms with Crippen molar-refractivity contribution in [1.82, 2.24) is 0 Å². The molecule has 0 amide bonds. The molecule has 0 radical (unpaired) electrons. The fourth-order valence-corrected chi connectivity index (χ4v) is 5.00. The highest BCUT2D eigenvalue weighted by Gasteiger charge is 2.23. The Labute approximate surface area is 201 Å². The molecule has 0 spiro atoms. The van der Waals surface area contributed by atoms with Gasteiger partial charge in [-0.15, -0.1) is 35.3 Å². The van der Waals surface area contributed by atoms with Crippen LogP contribution in [-0.2, 0) is 0 Å². The Bertz CT molecular complexity index is 1040. The van der Waals surface area contributed by atoms with E-state index in [0.29, 0.717) is 47.4 Å². The van der Waals surface area contributed by atoms with Crippen LogP contribution in [0.5, 0.6) is 5.75 Å². The van der Waals surface area contributed by atoms with E-state index in [-0.39, 0.29) is 42.6 Å². The number of aliphatic hydroxyl groups excluding tert-OH is 2. The highest BCUT2D eigenvalue weighted by Crippen LogP contribution is 2.35. The van der Waals surface area contributed by atoms with Gasteiger partial charge >= 0.3 is 0 Å². The van der Waals surface area contributed by atoms with Crippen molar-refractivity contribution in [2.45, 2.75) is 37.6 Å². The quantitative estimate of drug-likeness (QED) is 0.189. The van der Waals surface area contributed by atoms with Gasteiger partial charge in [-0.05, 0) is 56.4 Å². The number of unbranched alkanes of at least 4 members (excludes halogenated alkanes) is 1. The van der Waals surface area contributed by atoms with Crippen LogP contribution in [0.2, 0.25) is 5.02 Å². The number of benzene rings is 2. The predicted molar refractivity (Wildman–Crippen MR) is 136 cm³/mol. The van der Waals surface area contributed by atoms with Crippen molar-refractivity contribution in [3.05, 3.63) is 51.6 Å². The zero-order valence-electron chi connectivity index (χ0n) is 16.6. The molecule has 0 bridgehead atoms. The molecule has 0 saturated carbocycles. The van der Waals surface area contributed by atoms with E-state index in [1.807, 2.05) is 24.3 Å². The smallest absolute Gasteiger partial charge is 0.197 e. The number of aliphatic hydroxyl groups is 2. The van der Waals surface area contributed by atoms with Crippen LogP contribution < -0.4 is 15.9 Å². The number of rotatable bonds is 10. The van der Waals surface area contributed by atoms with Crippen molar-refractivity contribution in [2.75, 3.05) is 19.8 Å². The molecule has 30 heavy (non-hydrogen) atoms. The average Bonchev–Trinajstić information content (AvgIpc) is 2.70. The van der Waals surface area contributed by atoms with Crippen molar-refractivity contribution in [1.29, 1.82) is 0 Å². The van der Waals surface area contributed by atoms with E-state index in [1.165, 1.54) is 11.3 Å². The summed E-state index contributed by atoms with van der Waals surface area (Å²) in [7, 11) is 0. The third kappa shape index (κ3) is 5.83. The van der Waals surface area contributed by atoms with Crippen LogP contribution in [-0.4, -0.2) is 35.6 Å². The lowest BCUT2D eigenvalue weighted by Crippen LogP contribution is -2.41. The van der Waals surface area contributed by atoms with Gasteiger partial charge in [0.25, 0.3) is 0 Å². The molecule has 1 aromatic heterocycles. The summed E-state index contributed by atoms with van der Waals surface area (Å²) in [6.07, 6.45) is 3.24. The summed E-state index contributed by atoms with van der Waals surface area (Å²) in [4.78, 5) is 12.9. The highest BCUT2D eigenvalue weighted by atomic mass is 127. The molecule has 0 atom stereocenters. The molecule has 4 N–H and O–H groups in total. The number of nitrogens with two attached hydrogens (primary N) is 1. The maximum Gasteiger partial charge on any atom is 0.197 e. The molecule has 0 aliphatic heterocycles. The molecular weight excluding hydrogens is 537 g/mol. The Morgan fingerprint density at radius 3 is 2.43 bits per heavy atom. The second kappa shape index (κ2) is 11.6. The zero-order chi connectivity index (χ0) is 20.9. The lowest BCUT2D eigenvalue weighted by Gasteiger charge is -2.28. The van der Waals surface area contributed by atoms with Gasteiger partial charge in [-0.1, -0.05) is 23.7 Å². The topological polar surface area (TPSA) is 92.8 Å². The lowest BCUT2D eigenvalue weighted by atomic mass is 9.87. The minimum Gasteiger partial charge on any atom is -0.492 e. The Morgan fingerprint density at radius 2 is 1.73 bits per heavy atom. The predicted octanol–water partition coefficient (Wildman–Crippen LogP) is 4.70. The molecule has 0 unspecified atom stereocenters. The number of hydrogen-bond donors (Lipinski definition) is 3. The van der Waals surface area contributed by atoms with Crippen molar-refractivity contribution < 1.29 is 14.9 Å². The van der Waals surface area contributed by atoms with Crippen LogP contribution >= 0.6 is 46.9 Å². The third-order valence-electron chi connectivity index (χ3n) is 5.19. The number of hydrogen-bond acceptors (Lipinski definition) is 6. The van der Waals surface area contributed by atoms with E-state index < -0.39 is 5.54 Å². The summed E-state index contributed by atoms with van der Waals surface area (Å²) >= 11 is 7.83. The second-order valence-electron chi connectivity index (χ2n) is 7.29. The monoisotopic (exact) mass is 563 g/mol. The first-order valence-electron chi connectivity index (χ1n) is 9.76. The Balaban J connectivity index is 0.00000320. The first-order valence-corrected chi connectivity index (χ1v) is 11.0. The van der Waals surface area contributed by atoms with Gasteiger partial charge in [0.15, 0.2) is 5.43 Å². The summed E-state index contributed by atoms with van der Waals surface area (Å²) in [5, 5.41) is 20.0. The molecule has 3 aromatic rings. The summed E-state index contributed by atoms with van der Waals surface area (Å²) in [6.45, 7) is 0.506. The largest absolute Gasteiger partial charge is 0.492 e. The minimum absolute atomic E-state index is 0. The molecule has 0 saturated heterocycles. The van der Waals surface area contributed by atoms with Crippen LogP contribution in [0, 0.1) is 0 Å². The molecular formula is C22H27ClINO4S. The van der Waals surface area contributed by atoms with Gasteiger partial charge in [-0.25, -0.2) is 0 Å². The maximum absolute atomic E-state index is 12.9. The first kappa shape index (κ1) is 25.3. The first-order chi connectivity index (χ1) is 14.0. The summed E-state index contributed by atoms with van der Waals surface area (Å²) in [5.41, 5.74) is 5.64. The molecule has 0 aliphatic rings. The average molecular weight is 564 g/mol. The van der Waals surface area contributed by atoms with Crippen LogP contribution in [0.3, 0.4) is 0 Å².